The minimum Gasteiger partial charge on any atom is -0.346 e. The van der Waals surface area contributed by atoms with Crippen LogP contribution in [0, 0.1) is 13.8 Å². The van der Waals surface area contributed by atoms with Crippen LogP contribution in [0.2, 0.25) is 0 Å². The fraction of sp³-hybridized carbons (Fsp3) is 0.357. The molecule has 2 amide bonds. The summed E-state index contributed by atoms with van der Waals surface area (Å²) in [5.41, 5.74) is 4.24. The van der Waals surface area contributed by atoms with Gasteiger partial charge in [0, 0.05) is 27.9 Å². The molecule has 1 aromatic heterocycles. The van der Waals surface area contributed by atoms with E-state index in [-0.39, 0.29) is 17.9 Å². The molecule has 4 rings (SSSR count). The summed E-state index contributed by atoms with van der Waals surface area (Å²) in [4.78, 5) is 26.6. The number of carbonyl (C=O) groups excluding carboxylic acids is 2. The minimum atomic E-state index is -0.163. The highest BCUT2D eigenvalue weighted by Gasteiger charge is 2.15. The highest BCUT2D eigenvalue weighted by molar-refractivity contribution is 7.15. The van der Waals surface area contributed by atoms with Crippen molar-refractivity contribution >= 4 is 28.8 Å². The summed E-state index contributed by atoms with van der Waals surface area (Å²) < 4.78 is 0. The predicted octanol–water partition coefficient (Wildman–Crippen LogP) is 7.43. The lowest BCUT2D eigenvalue weighted by atomic mass is 10.0. The van der Waals surface area contributed by atoms with Crippen molar-refractivity contribution in [3.8, 4) is 10.4 Å². The molecule has 1 aliphatic carbocycles. The summed E-state index contributed by atoms with van der Waals surface area (Å²) in [5, 5.41) is 5.79. The summed E-state index contributed by atoms with van der Waals surface area (Å²) in [6.45, 7) is 7.41. The molecular formula is C28H34N2O2S. The van der Waals surface area contributed by atoms with Crippen molar-refractivity contribution in [2.45, 2.75) is 65.8 Å². The first-order chi connectivity index (χ1) is 15.8. The first kappa shape index (κ1) is 24.7. The van der Waals surface area contributed by atoms with Gasteiger partial charge in [-0.1, -0.05) is 56.4 Å². The Hall–Kier alpha value is -2.92. The highest BCUT2D eigenvalue weighted by Crippen LogP contribution is 2.29. The third-order valence-corrected chi connectivity index (χ3v) is 6.86. The Morgan fingerprint density at radius 2 is 1.61 bits per heavy atom. The van der Waals surface area contributed by atoms with Gasteiger partial charge in [0.2, 0.25) is 5.91 Å². The molecule has 1 heterocycles. The van der Waals surface area contributed by atoms with Crippen LogP contribution in [-0.4, -0.2) is 11.8 Å². The van der Waals surface area contributed by atoms with Gasteiger partial charge in [-0.15, -0.1) is 11.3 Å². The van der Waals surface area contributed by atoms with E-state index < -0.39 is 0 Å². The first-order valence-electron chi connectivity index (χ1n) is 11.7. The van der Waals surface area contributed by atoms with E-state index in [4.69, 9.17) is 0 Å². The zero-order valence-electron chi connectivity index (χ0n) is 20.0. The van der Waals surface area contributed by atoms with E-state index in [9.17, 15) is 9.59 Å². The number of thiophene rings is 1. The maximum atomic E-state index is 12.8. The van der Waals surface area contributed by atoms with Crippen molar-refractivity contribution < 1.29 is 9.59 Å². The fourth-order valence-electron chi connectivity index (χ4n) is 3.94. The first-order valence-corrected chi connectivity index (χ1v) is 12.5. The van der Waals surface area contributed by atoms with Gasteiger partial charge in [0.1, 0.15) is 0 Å². The lowest BCUT2D eigenvalue weighted by molar-refractivity contribution is -0.114. The third-order valence-electron chi connectivity index (χ3n) is 5.81. The van der Waals surface area contributed by atoms with Gasteiger partial charge < -0.3 is 10.6 Å². The molecule has 2 N–H and O–H groups in total. The molecule has 5 heteroatoms. The maximum absolute atomic E-state index is 12.8. The average Bonchev–Trinajstić information content (AvgIpc) is 3.50. The van der Waals surface area contributed by atoms with Gasteiger partial charge in [-0.3, -0.25) is 9.59 Å². The van der Waals surface area contributed by atoms with Crippen molar-refractivity contribution in [2.24, 2.45) is 0 Å². The molecular weight excluding hydrogens is 428 g/mol. The van der Waals surface area contributed by atoms with Crippen LogP contribution >= 0.6 is 11.3 Å². The Bertz CT molecular complexity index is 1090. The monoisotopic (exact) mass is 462 g/mol. The molecule has 4 nitrogen and oxygen atoms in total. The van der Waals surface area contributed by atoms with Gasteiger partial charge in [0.25, 0.3) is 5.91 Å². The Balaban J connectivity index is 0.000000541. The van der Waals surface area contributed by atoms with Crippen LogP contribution in [0.3, 0.4) is 0 Å². The Morgan fingerprint density at radius 3 is 2.21 bits per heavy atom. The van der Waals surface area contributed by atoms with Crippen LogP contribution in [0.1, 0.15) is 78.4 Å². The van der Waals surface area contributed by atoms with Gasteiger partial charge in [0.15, 0.2) is 0 Å². The van der Waals surface area contributed by atoms with Gasteiger partial charge in [-0.2, -0.15) is 0 Å². The largest absolute Gasteiger partial charge is 0.346 e. The van der Waals surface area contributed by atoms with E-state index in [0.717, 1.165) is 16.7 Å². The molecule has 1 unspecified atom stereocenters. The van der Waals surface area contributed by atoms with Crippen molar-refractivity contribution in [2.75, 3.05) is 5.32 Å². The number of anilines is 1. The van der Waals surface area contributed by atoms with Crippen LogP contribution in [0.15, 0.2) is 54.6 Å². The Morgan fingerprint density at radius 1 is 0.909 bits per heavy atom. The van der Waals surface area contributed by atoms with Gasteiger partial charge in [0.05, 0.1) is 6.04 Å². The number of carbonyl (C=O) groups is 2. The topological polar surface area (TPSA) is 58.2 Å². The van der Waals surface area contributed by atoms with Crippen LogP contribution in [0.5, 0.6) is 0 Å². The predicted molar refractivity (Wildman–Crippen MR) is 139 cm³/mol. The van der Waals surface area contributed by atoms with Crippen molar-refractivity contribution in [3.63, 3.8) is 0 Å². The lowest BCUT2D eigenvalue weighted by Crippen LogP contribution is -2.27. The van der Waals surface area contributed by atoms with Crippen molar-refractivity contribution in [3.05, 3.63) is 76.2 Å². The number of hydrogen-bond acceptors (Lipinski definition) is 3. The van der Waals surface area contributed by atoms with Crippen molar-refractivity contribution in [1.82, 2.24) is 5.32 Å². The molecule has 0 aliphatic heterocycles. The molecule has 0 bridgehead atoms. The smallest absolute Gasteiger partial charge is 0.252 e. The molecule has 33 heavy (non-hydrogen) atoms. The Labute approximate surface area is 201 Å². The molecule has 1 fully saturated rings. The summed E-state index contributed by atoms with van der Waals surface area (Å²) in [7, 11) is 0. The van der Waals surface area contributed by atoms with Crippen molar-refractivity contribution in [1.29, 1.82) is 0 Å². The van der Waals surface area contributed by atoms with E-state index in [0.29, 0.717) is 11.3 Å². The second kappa shape index (κ2) is 11.8. The molecule has 174 valence electrons. The summed E-state index contributed by atoms with van der Waals surface area (Å²) in [6, 6.07) is 17.7. The molecule has 0 radical (unpaired) electrons. The number of rotatable bonds is 5. The van der Waals surface area contributed by atoms with Gasteiger partial charge in [-0.05, 0) is 67.8 Å². The summed E-state index contributed by atoms with van der Waals surface area (Å²) in [6.07, 6.45) is 7.50. The standard InChI is InChI=1S/C23H24N2O2S.C5H10/c1-14-8-10-20(25-17(4)26)13-21(14)23(27)24-16(3)18-6-5-7-19(12-18)22-11-9-15(2)28-22;1-2-4-5-3-1/h5-13,16H,1-4H3,(H,24,27)(H,25,26);1-5H2. The fourth-order valence-corrected chi connectivity index (χ4v) is 4.80. The number of amides is 2. The normalized spacial score (nSPS) is 13.6. The summed E-state index contributed by atoms with van der Waals surface area (Å²) >= 11 is 1.76. The van der Waals surface area contributed by atoms with Crippen LogP contribution < -0.4 is 10.6 Å². The number of hydrogen-bond donors (Lipinski definition) is 2. The second-order valence-electron chi connectivity index (χ2n) is 8.71. The number of nitrogens with one attached hydrogen (secondary N) is 2. The Kier molecular flexibility index (Phi) is 8.84. The zero-order valence-corrected chi connectivity index (χ0v) is 20.9. The maximum Gasteiger partial charge on any atom is 0.252 e. The number of aryl methyl sites for hydroxylation is 2. The van der Waals surface area contributed by atoms with E-state index in [1.807, 2.05) is 32.0 Å². The molecule has 1 atom stereocenters. The third kappa shape index (κ3) is 7.29. The van der Waals surface area contributed by atoms with E-state index in [2.05, 4.69) is 41.8 Å². The van der Waals surface area contributed by atoms with E-state index in [1.54, 1.807) is 23.5 Å². The van der Waals surface area contributed by atoms with Crippen LogP contribution in [-0.2, 0) is 4.79 Å². The van der Waals surface area contributed by atoms with Crippen LogP contribution in [0.25, 0.3) is 10.4 Å². The minimum absolute atomic E-state index is 0.141. The SMILES string of the molecule is C1CCCC1.CC(=O)Nc1ccc(C)c(C(=O)NC(C)c2cccc(-c3ccc(C)s3)c2)c1. The van der Waals surface area contributed by atoms with Gasteiger partial charge >= 0.3 is 0 Å². The molecule has 2 aromatic carbocycles. The second-order valence-corrected chi connectivity index (χ2v) is 10.00. The van der Waals surface area contributed by atoms with E-state index in [1.165, 1.54) is 48.8 Å². The highest BCUT2D eigenvalue weighted by atomic mass is 32.1. The molecule has 1 aliphatic rings. The average molecular weight is 463 g/mol. The lowest BCUT2D eigenvalue weighted by Gasteiger charge is -2.17. The summed E-state index contributed by atoms with van der Waals surface area (Å²) in [5.74, 6) is -0.321. The molecule has 0 spiro atoms. The molecule has 3 aromatic rings. The zero-order chi connectivity index (χ0) is 23.8. The molecule has 0 saturated heterocycles. The quantitative estimate of drug-likeness (QED) is 0.414. The number of benzene rings is 2. The van der Waals surface area contributed by atoms with E-state index >= 15 is 0 Å². The van der Waals surface area contributed by atoms with Crippen LogP contribution in [0.4, 0.5) is 5.69 Å². The molecule has 1 saturated carbocycles. The van der Waals surface area contributed by atoms with Gasteiger partial charge in [-0.25, -0.2) is 0 Å².